The van der Waals surface area contributed by atoms with Gasteiger partial charge in [-0.25, -0.2) is 4.79 Å². The lowest BCUT2D eigenvalue weighted by molar-refractivity contribution is 0.0572. The predicted molar refractivity (Wildman–Crippen MR) is 74.0 cm³/mol. The summed E-state index contributed by atoms with van der Waals surface area (Å²) in [6.07, 6.45) is 11.6. The number of nitrogens with zero attached hydrogens (tertiary/aromatic N) is 1. The molecule has 0 aromatic rings. The summed E-state index contributed by atoms with van der Waals surface area (Å²) < 4.78 is 10.7. The first-order valence-corrected chi connectivity index (χ1v) is 7.08. The average Bonchev–Trinajstić information content (AvgIpc) is 2.71. The van der Waals surface area contributed by atoms with Crippen LogP contribution < -0.4 is 0 Å². The molecule has 1 amide bonds. The zero-order chi connectivity index (χ0) is 13.5. The van der Waals surface area contributed by atoms with Gasteiger partial charge in [0, 0.05) is 13.1 Å². The number of ether oxygens (including phenoxy) is 2. The van der Waals surface area contributed by atoms with Gasteiger partial charge in [-0.3, -0.25) is 0 Å². The lowest BCUT2D eigenvalue weighted by Crippen LogP contribution is -2.32. The number of carbonyl (C=O) groups excluding carboxylic acids is 1. The second kappa shape index (κ2) is 7.34. The molecule has 1 aliphatic carbocycles. The number of carbonyl (C=O) groups is 1. The molecule has 1 atom stereocenters. The van der Waals surface area contributed by atoms with Crippen molar-refractivity contribution in [3.05, 3.63) is 23.8 Å². The van der Waals surface area contributed by atoms with Crippen LogP contribution in [0.1, 0.15) is 32.1 Å². The van der Waals surface area contributed by atoms with Crippen LogP contribution in [0.15, 0.2) is 23.8 Å². The average molecular weight is 265 g/mol. The molecule has 1 aliphatic heterocycles. The van der Waals surface area contributed by atoms with Crippen molar-refractivity contribution in [1.29, 1.82) is 0 Å². The molecule has 4 heteroatoms. The molecular formula is C15H23NO3. The maximum absolute atomic E-state index is 11.5. The Bertz CT molecular complexity index is 362. The predicted octanol–water partition coefficient (Wildman–Crippen LogP) is 2.90. The van der Waals surface area contributed by atoms with E-state index in [0.717, 1.165) is 51.8 Å². The highest BCUT2D eigenvalue weighted by atomic mass is 16.5. The minimum Gasteiger partial charge on any atom is -0.453 e. The Labute approximate surface area is 115 Å². The van der Waals surface area contributed by atoms with Gasteiger partial charge in [0.15, 0.2) is 0 Å². The van der Waals surface area contributed by atoms with Gasteiger partial charge in [0.25, 0.3) is 0 Å². The van der Waals surface area contributed by atoms with Crippen molar-refractivity contribution in [3.63, 3.8) is 0 Å². The zero-order valence-corrected chi connectivity index (χ0v) is 11.6. The number of likely N-dealkylation sites (tertiary alicyclic amines) is 1. The van der Waals surface area contributed by atoms with Crippen LogP contribution in [0.5, 0.6) is 0 Å². The Balaban J connectivity index is 1.75. The van der Waals surface area contributed by atoms with Crippen LogP contribution in [-0.2, 0) is 9.47 Å². The van der Waals surface area contributed by atoms with Gasteiger partial charge in [-0.2, -0.15) is 0 Å². The molecule has 19 heavy (non-hydrogen) atoms. The number of hydrogen-bond donors (Lipinski definition) is 0. The summed E-state index contributed by atoms with van der Waals surface area (Å²) in [5.74, 6) is 0. The van der Waals surface area contributed by atoms with E-state index >= 15 is 0 Å². The summed E-state index contributed by atoms with van der Waals surface area (Å²) in [5.41, 5.74) is 1.37. The van der Waals surface area contributed by atoms with Gasteiger partial charge in [-0.15, -0.1) is 0 Å². The number of methoxy groups -OCH3 is 1. The number of rotatable bonds is 3. The molecule has 0 radical (unpaired) electrons. The lowest BCUT2D eigenvalue weighted by Gasteiger charge is -2.19. The Hall–Kier alpha value is -1.29. The highest BCUT2D eigenvalue weighted by molar-refractivity contribution is 5.67. The second-order valence-corrected chi connectivity index (χ2v) is 5.11. The molecule has 0 spiro atoms. The van der Waals surface area contributed by atoms with Gasteiger partial charge in [0.1, 0.15) is 0 Å². The fraction of sp³-hybridized carbons (Fsp3) is 0.667. The molecule has 4 nitrogen and oxygen atoms in total. The third-order valence-electron chi connectivity index (χ3n) is 3.71. The van der Waals surface area contributed by atoms with Gasteiger partial charge in [0.2, 0.25) is 0 Å². The van der Waals surface area contributed by atoms with Crippen LogP contribution in [0, 0.1) is 0 Å². The third kappa shape index (κ3) is 4.39. The fourth-order valence-corrected chi connectivity index (χ4v) is 2.54. The normalized spacial score (nSPS) is 23.7. The fourth-order valence-electron chi connectivity index (χ4n) is 2.54. The Kier molecular flexibility index (Phi) is 5.45. The van der Waals surface area contributed by atoms with E-state index in [-0.39, 0.29) is 12.2 Å². The van der Waals surface area contributed by atoms with Crippen molar-refractivity contribution >= 4 is 6.09 Å². The molecule has 0 aromatic carbocycles. The van der Waals surface area contributed by atoms with Crippen LogP contribution in [0.2, 0.25) is 0 Å². The summed E-state index contributed by atoms with van der Waals surface area (Å²) in [4.78, 5) is 13.2. The summed E-state index contributed by atoms with van der Waals surface area (Å²) in [7, 11) is 1.43. The molecule has 1 unspecified atom stereocenters. The number of allylic oxidation sites excluding steroid dienone is 3. The van der Waals surface area contributed by atoms with Crippen LogP contribution >= 0.6 is 0 Å². The lowest BCUT2D eigenvalue weighted by atomic mass is 10.1. The van der Waals surface area contributed by atoms with E-state index in [2.05, 4.69) is 18.2 Å². The zero-order valence-electron chi connectivity index (χ0n) is 11.6. The van der Waals surface area contributed by atoms with E-state index in [1.165, 1.54) is 12.7 Å². The van der Waals surface area contributed by atoms with E-state index in [4.69, 9.17) is 9.47 Å². The topological polar surface area (TPSA) is 38.8 Å². The summed E-state index contributed by atoms with van der Waals surface area (Å²) >= 11 is 0. The summed E-state index contributed by atoms with van der Waals surface area (Å²) in [6, 6.07) is 0. The first-order valence-electron chi connectivity index (χ1n) is 7.08. The van der Waals surface area contributed by atoms with E-state index < -0.39 is 0 Å². The highest BCUT2D eigenvalue weighted by Gasteiger charge is 2.21. The molecular weight excluding hydrogens is 242 g/mol. The summed E-state index contributed by atoms with van der Waals surface area (Å²) in [5, 5.41) is 0. The highest BCUT2D eigenvalue weighted by Crippen LogP contribution is 2.18. The van der Waals surface area contributed by atoms with Crippen LogP contribution in [-0.4, -0.2) is 43.9 Å². The van der Waals surface area contributed by atoms with Crippen molar-refractivity contribution in [2.24, 2.45) is 0 Å². The maximum atomic E-state index is 11.5. The van der Waals surface area contributed by atoms with Gasteiger partial charge < -0.3 is 14.4 Å². The van der Waals surface area contributed by atoms with Gasteiger partial charge in [-0.05, 0) is 37.7 Å². The maximum Gasteiger partial charge on any atom is 0.409 e. The number of amides is 1. The molecule has 0 aromatic heterocycles. The van der Waals surface area contributed by atoms with E-state index in [0.29, 0.717) is 0 Å². The SMILES string of the molecule is COC(=O)N1CCCC(OCC2=CC=CCC2)CC1. The van der Waals surface area contributed by atoms with Crippen molar-refractivity contribution in [1.82, 2.24) is 4.90 Å². The Morgan fingerprint density at radius 3 is 3.05 bits per heavy atom. The first-order chi connectivity index (χ1) is 9.29. The molecule has 106 valence electrons. The first kappa shape index (κ1) is 14.1. The van der Waals surface area contributed by atoms with E-state index in [1.54, 1.807) is 4.90 Å². The van der Waals surface area contributed by atoms with E-state index in [9.17, 15) is 4.79 Å². The van der Waals surface area contributed by atoms with Crippen molar-refractivity contribution in [3.8, 4) is 0 Å². The minimum absolute atomic E-state index is 0.222. The van der Waals surface area contributed by atoms with Crippen LogP contribution in [0.4, 0.5) is 4.79 Å². The van der Waals surface area contributed by atoms with Gasteiger partial charge >= 0.3 is 6.09 Å². The molecule has 0 saturated carbocycles. The van der Waals surface area contributed by atoms with E-state index in [1.807, 2.05) is 0 Å². The molecule has 1 saturated heterocycles. The van der Waals surface area contributed by atoms with Gasteiger partial charge in [0.05, 0.1) is 19.8 Å². The molecule has 0 N–H and O–H groups in total. The monoisotopic (exact) mass is 265 g/mol. The second-order valence-electron chi connectivity index (χ2n) is 5.11. The van der Waals surface area contributed by atoms with Crippen molar-refractivity contribution in [2.45, 2.75) is 38.2 Å². The third-order valence-corrected chi connectivity index (χ3v) is 3.71. The van der Waals surface area contributed by atoms with Crippen LogP contribution in [0.3, 0.4) is 0 Å². The largest absolute Gasteiger partial charge is 0.453 e. The molecule has 2 aliphatic rings. The summed E-state index contributed by atoms with van der Waals surface area (Å²) in [6.45, 7) is 2.24. The molecule has 1 fully saturated rings. The van der Waals surface area contributed by atoms with Crippen LogP contribution in [0.25, 0.3) is 0 Å². The standard InChI is InChI=1S/C15H23NO3/c1-18-15(17)16-10-5-8-14(9-11-16)19-12-13-6-3-2-4-7-13/h2-3,6,14H,4-5,7-12H2,1H3. The Morgan fingerprint density at radius 1 is 1.42 bits per heavy atom. The Morgan fingerprint density at radius 2 is 2.32 bits per heavy atom. The van der Waals surface area contributed by atoms with Gasteiger partial charge in [-0.1, -0.05) is 18.2 Å². The quantitative estimate of drug-likeness (QED) is 0.787. The molecule has 1 heterocycles. The van der Waals surface area contributed by atoms with Crippen molar-refractivity contribution < 1.29 is 14.3 Å². The molecule has 0 bridgehead atoms. The van der Waals surface area contributed by atoms with Crippen molar-refractivity contribution in [2.75, 3.05) is 26.8 Å². The smallest absolute Gasteiger partial charge is 0.409 e. The minimum atomic E-state index is -0.222. The number of hydrogen-bond acceptors (Lipinski definition) is 3. The molecule has 2 rings (SSSR count).